The summed E-state index contributed by atoms with van der Waals surface area (Å²) >= 11 is 0. The monoisotopic (exact) mass is 355 g/mol. The van der Waals surface area contributed by atoms with Crippen molar-refractivity contribution in [3.05, 3.63) is 66.2 Å². The van der Waals surface area contributed by atoms with Crippen LogP contribution in [0.2, 0.25) is 0 Å². The highest BCUT2D eigenvalue weighted by Gasteiger charge is 2.17. The highest BCUT2D eigenvalue weighted by molar-refractivity contribution is 5.96. The summed E-state index contributed by atoms with van der Waals surface area (Å²) in [5.41, 5.74) is 1.64. The second kappa shape index (κ2) is 9.27. The van der Waals surface area contributed by atoms with Crippen LogP contribution in [0.3, 0.4) is 0 Å². The fourth-order valence-electron chi connectivity index (χ4n) is 2.40. The topological polar surface area (TPSA) is 73.9 Å². The summed E-state index contributed by atoms with van der Waals surface area (Å²) in [7, 11) is 3.01. The van der Waals surface area contributed by atoms with E-state index in [9.17, 15) is 9.59 Å². The van der Waals surface area contributed by atoms with Crippen LogP contribution in [0.5, 0.6) is 11.5 Å². The zero-order valence-electron chi connectivity index (χ0n) is 14.8. The van der Waals surface area contributed by atoms with Crippen LogP contribution in [-0.2, 0) is 16.0 Å². The maximum Gasteiger partial charge on any atom is 0.338 e. The Kier molecular flexibility index (Phi) is 6.79. The molecule has 0 atom stereocenters. The van der Waals surface area contributed by atoms with E-state index < -0.39 is 18.5 Å². The van der Waals surface area contributed by atoms with Gasteiger partial charge in [0.1, 0.15) is 0 Å². The average molecular weight is 355 g/mol. The van der Waals surface area contributed by atoms with Crippen molar-refractivity contribution in [2.45, 2.75) is 6.42 Å². The van der Waals surface area contributed by atoms with E-state index >= 15 is 0 Å². The largest absolute Gasteiger partial charge is 0.493 e. The molecular weight excluding hydrogens is 334 g/mol. The molecule has 1 N–H and O–H groups in total. The van der Waals surface area contributed by atoms with Gasteiger partial charge in [0.05, 0.1) is 19.8 Å². The maximum absolute atomic E-state index is 12.3. The second-order valence-corrected chi connectivity index (χ2v) is 5.35. The molecule has 26 heavy (non-hydrogen) atoms. The number of carbonyl (C=O) groups is 2. The van der Waals surface area contributed by atoms with Crippen LogP contribution in [0.4, 0.5) is 5.69 Å². The van der Waals surface area contributed by atoms with Crippen LogP contribution in [-0.4, -0.2) is 32.7 Å². The SMILES string of the molecule is C=CCc1cc(C(=O)OCC(=O)Nc2ccccc2)cc(OC)c1OC. The Morgan fingerprint density at radius 1 is 1.12 bits per heavy atom. The van der Waals surface area contributed by atoms with Gasteiger partial charge in [0, 0.05) is 11.3 Å². The van der Waals surface area contributed by atoms with E-state index in [0.29, 0.717) is 23.6 Å². The number of para-hydroxylation sites is 1. The summed E-state index contributed by atoms with van der Waals surface area (Å²) < 4.78 is 15.7. The third-order valence-electron chi connectivity index (χ3n) is 3.55. The van der Waals surface area contributed by atoms with Gasteiger partial charge in [0.25, 0.3) is 5.91 Å². The first-order chi connectivity index (χ1) is 12.6. The van der Waals surface area contributed by atoms with E-state index in [0.717, 1.165) is 5.56 Å². The second-order valence-electron chi connectivity index (χ2n) is 5.35. The number of ether oxygens (including phenoxy) is 3. The predicted molar refractivity (Wildman–Crippen MR) is 98.8 cm³/mol. The van der Waals surface area contributed by atoms with Gasteiger partial charge in [0.2, 0.25) is 0 Å². The molecule has 0 radical (unpaired) electrons. The van der Waals surface area contributed by atoms with Crippen LogP contribution >= 0.6 is 0 Å². The molecule has 2 aromatic rings. The van der Waals surface area contributed by atoms with Gasteiger partial charge in [-0.1, -0.05) is 24.3 Å². The lowest BCUT2D eigenvalue weighted by atomic mass is 10.1. The number of amides is 1. The van der Waals surface area contributed by atoms with E-state index in [-0.39, 0.29) is 5.56 Å². The molecule has 0 aliphatic heterocycles. The average Bonchev–Trinajstić information content (AvgIpc) is 2.66. The number of esters is 1. The Balaban J connectivity index is 2.07. The predicted octanol–water partition coefficient (Wildman–Crippen LogP) is 3.23. The summed E-state index contributed by atoms with van der Waals surface area (Å²) in [5, 5.41) is 2.65. The molecule has 1 amide bonds. The number of nitrogens with one attached hydrogen (secondary N) is 1. The molecule has 2 aromatic carbocycles. The molecular formula is C20H21NO5. The molecule has 0 saturated heterocycles. The lowest BCUT2D eigenvalue weighted by Crippen LogP contribution is -2.21. The van der Waals surface area contributed by atoms with Crippen molar-refractivity contribution in [2.75, 3.05) is 26.1 Å². The number of hydrogen-bond donors (Lipinski definition) is 1. The normalized spacial score (nSPS) is 9.92. The third-order valence-corrected chi connectivity index (χ3v) is 3.55. The fourth-order valence-corrected chi connectivity index (χ4v) is 2.40. The van der Waals surface area contributed by atoms with E-state index in [1.807, 2.05) is 6.07 Å². The third kappa shape index (κ3) is 4.86. The smallest absolute Gasteiger partial charge is 0.338 e. The van der Waals surface area contributed by atoms with Gasteiger partial charge in [-0.15, -0.1) is 6.58 Å². The van der Waals surface area contributed by atoms with Crippen molar-refractivity contribution in [3.63, 3.8) is 0 Å². The Morgan fingerprint density at radius 3 is 2.46 bits per heavy atom. The van der Waals surface area contributed by atoms with Gasteiger partial charge in [-0.2, -0.15) is 0 Å². The standard InChI is InChI=1S/C20H21NO5/c1-4-8-14-11-15(12-17(24-2)19(14)25-3)20(23)26-13-18(22)21-16-9-6-5-7-10-16/h4-7,9-12H,1,8,13H2,2-3H3,(H,21,22). The van der Waals surface area contributed by atoms with E-state index in [2.05, 4.69) is 11.9 Å². The van der Waals surface area contributed by atoms with Gasteiger partial charge in [-0.3, -0.25) is 4.79 Å². The van der Waals surface area contributed by atoms with E-state index in [4.69, 9.17) is 14.2 Å². The summed E-state index contributed by atoms with van der Waals surface area (Å²) in [6.07, 6.45) is 2.19. The quantitative estimate of drug-likeness (QED) is 0.581. The number of benzene rings is 2. The minimum absolute atomic E-state index is 0.270. The van der Waals surface area contributed by atoms with Crippen molar-refractivity contribution in [1.29, 1.82) is 0 Å². The number of allylic oxidation sites excluding steroid dienone is 1. The number of hydrogen-bond acceptors (Lipinski definition) is 5. The summed E-state index contributed by atoms with van der Waals surface area (Å²) in [5.74, 6) is -0.103. The van der Waals surface area contributed by atoms with Crippen LogP contribution in [0.15, 0.2) is 55.1 Å². The van der Waals surface area contributed by atoms with Gasteiger partial charge in [-0.25, -0.2) is 4.79 Å². The lowest BCUT2D eigenvalue weighted by molar-refractivity contribution is -0.119. The van der Waals surface area contributed by atoms with Crippen molar-refractivity contribution in [2.24, 2.45) is 0 Å². The van der Waals surface area contributed by atoms with Crippen molar-refractivity contribution >= 4 is 17.6 Å². The Morgan fingerprint density at radius 2 is 1.85 bits per heavy atom. The Hall–Kier alpha value is -3.28. The molecule has 0 aromatic heterocycles. The molecule has 0 saturated carbocycles. The minimum Gasteiger partial charge on any atom is -0.493 e. The van der Waals surface area contributed by atoms with Crippen molar-refractivity contribution in [3.8, 4) is 11.5 Å². The van der Waals surface area contributed by atoms with Crippen LogP contribution in [0.1, 0.15) is 15.9 Å². The van der Waals surface area contributed by atoms with Crippen LogP contribution in [0, 0.1) is 0 Å². The molecule has 0 spiro atoms. The molecule has 6 nitrogen and oxygen atoms in total. The first kappa shape index (κ1) is 19.1. The Labute approximate surface area is 152 Å². The molecule has 136 valence electrons. The van der Waals surface area contributed by atoms with Gasteiger partial charge >= 0.3 is 5.97 Å². The van der Waals surface area contributed by atoms with Gasteiger partial charge < -0.3 is 19.5 Å². The molecule has 6 heteroatoms. The Bertz CT molecular complexity index is 786. The number of carbonyl (C=O) groups excluding carboxylic acids is 2. The van der Waals surface area contributed by atoms with Gasteiger partial charge in [-0.05, 0) is 30.7 Å². The zero-order chi connectivity index (χ0) is 18.9. The number of rotatable bonds is 8. The van der Waals surface area contributed by atoms with Crippen LogP contribution in [0.25, 0.3) is 0 Å². The maximum atomic E-state index is 12.3. The zero-order valence-corrected chi connectivity index (χ0v) is 14.8. The first-order valence-electron chi connectivity index (χ1n) is 7.96. The van der Waals surface area contributed by atoms with Gasteiger partial charge in [0.15, 0.2) is 18.1 Å². The summed E-state index contributed by atoms with van der Waals surface area (Å²) in [4.78, 5) is 24.2. The number of methoxy groups -OCH3 is 2. The first-order valence-corrected chi connectivity index (χ1v) is 7.96. The van der Waals surface area contributed by atoms with Crippen molar-refractivity contribution in [1.82, 2.24) is 0 Å². The molecule has 0 unspecified atom stereocenters. The highest BCUT2D eigenvalue weighted by Crippen LogP contribution is 2.33. The summed E-state index contributed by atoms with van der Waals surface area (Å²) in [6.45, 7) is 3.31. The highest BCUT2D eigenvalue weighted by atomic mass is 16.5. The number of anilines is 1. The molecule has 0 bridgehead atoms. The van der Waals surface area contributed by atoms with E-state index in [1.54, 1.807) is 36.4 Å². The molecule has 0 aliphatic carbocycles. The molecule has 0 heterocycles. The molecule has 0 aliphatic rings. The fraction of sp³-hybridized carbons (Fsp3) is 0.200. The lowest BCUT2D eigenvalue weighted by Gasteiger charge is -2.14. The molecule has 2 rings (SSSR count). The van der Waals surface area contributed by atoms with Crippen LogP contribution < -0.4 is 14.8 Å². The minimum atomic E-state index is -0.625. The molecule has 0 fully saturated rings. The van der Waals surface area contributed by atoms with E-state index in [1.165, 1.54) is 20.3 Å². The summed E-state index contributed by atoms with van der Waals surface area (Å²) in [6, 6.07) is 12.1. The van der Waals surface area contributed by atoms with Crippen molar-refractivity contribution < 1.29 is 23.8 Å².